The molecule has 0 bridgehead atoms. The van der Waals surface area contributed by atoms with Gasteiger partial charge in [0.2, 0.25) is 0 Å². The van der Waals surface area contributed by atoms with Crippen molar-refractivity contribution in [1.29, 1.82) is 0 Å². The van der Waals surface area contributed by atoms with Gasteiger partial charge < -0.3 is 10.8 Å². The molecule has 0 aromatic carbocycles. The molecule has 0 fully saturated rings. The fourth-order valence-corrected chi connectivity index (χ4v) is 1.46. The number of allylic oxidation sites excluding steroid dienone is 2. The van der Waals surface area contributed by atoms with Crippen LogP contribution in [0, 0.1) is 0 Å². The smallest absolute Gasteiger partial charge is 0.328 e. The van der Waals surface area contributed by atoms with Crippen molar-refractivity contribution in [2.24, 2.45) is 5.73 Å². The van der Waals surface area contributed by atoms with E-state index in [1.165, 1.54) is 6.08 Å². The van der Waals surface area contributed by atoms with E-state index >= 15 is 0 Å². The molecule has 3 N–H and O–H groups in total. The Labute approximate surface area is 72.7 Å². The van der Waals surface area contributed by atoms with Crippen LogP contribution in [0.25, 0.3) is 0 Å². The van der Waals surface area contributed by atoms with Gasteiger partial charge in [-0.2, -0.15) is 0 Å². The average Bonchev–Trinajstić information content (AvgIpc) is 1.86. The number of nitrogens with two attached hydrogens (primary N) is 1. The van der Waals surface area contributed by atoms with Gasteiger partial charge in [-0.1, -0.05) is 28.1 Å². The lowest BCUT2D eigenvalue weighted by Gasteiger charge is -2.21. The number of rotatable bonds is 1. The summed E-state index contributed by atoms with van der Waals surface area (Å²) in [5.41, 5.74) is 4.31. The Bertz CT molecular complexity index is 247. The lowest BCUT2D eigenvalue weighted by atomic mass is 9.93. The van der Waals surface area contributed by atoms with E-state index in [4.69, 9.17) is 10.8 Å². The van der Waals surface area contributed by atoms with Gasteiger partial charge in [0.05, 0.1) is 0 Å². The lowest BCUT2D eigenvalue weighted by Crippen LogP contribution is -2.46. The van der Waals surface area contributed by atoms with Gasteiger partial charge in [-0.3, -0.25) is 0 Å². The van der Waals surface area contributed by atoms with E-state index in [2.05, 4.69) is 15.9 Å². The molecule has 0 heterocycles. The Hall–Kier alpha value is -0.610. The number of hydrogen-bond acceptors (Lipinski definition) is 2. The summed E-state index contributed by atoms with van der Waals surface area (Å²) in [5, 5.41) is 8.69. The summed E-state index contributed by atoms with van der Waals surface area (Å²) in [7, 11) is 0. The predicted octanol–water partition coefficient (Wildman–Crippen LogP) is 1.01. The molecule has 0 spiro atoms. The topological polar surface area (TPSA) is 63.3 Å². The maximum absolute atomic E-state index is 10.6. The molecule has 0 saturated carbocycles. The van der Waals surface area contributed by atoms with Gasteiger partial charge in [0.25, 0.3) is 0 Å². The van der Waals surface area contributed by atoms with Crippen LogP contribution in [-0.4, -0.2) is 16.6 Å². The van der Waals surface area contributed by atoms with Crippen LogP contribution >= 0.6 is 15.9 Å². The normalized spacial score (nSPS) is 29.8. The molecule has 0 aliphatic heterocycles. The predicted molar refractivity (Wildman–Crippen MR) is 45.3 cm³/mol. The van der Waals surface area contributed by atoms with Crippen molar-refractivity contribution in [3.63, 3.8) is 0 Å². The molecular formula is C7H8BrNO2. The molecule has 1 aliphatic rings. The minimum Gasteiger partial charge on any atom is -0.480 e. The number of hydrogen-bond donors (Lipinski definition) is 2. The summed E-state index contributed by atoms with van der Waals surface area (Å²) in [6.07, 6.45) is 5.36. The minimum atomic E-state index is -1.23. The van der Waals surface area contributed by atoms with Gasteiger partial charge >= 0.3 is 5.97 Å². The molecule has 3 nitrogen and oxygen atoms in total. The molecule has 60 valence electrons. The van der Waals surface area contributed by atoms with Crippen LogP contribution < -0.4 is 5.73 Å². The summed E-state index contributed by atoms with van der Waals surface area (Å²) in [6, 6.07) is 0. The van der Waals surface area contributed by atoms with Crippen molar-refractivity contribution >= 4 is 21.9 Å². The SMILES string of the molecule is NC1(C(=O)O)C=C(Br)C=CC1. The van der Waals surface area contributed by atoms with E-state index in [9.17, 15) is 4.79 Å². The lowest BCUT2D eigenvalue weighted by molar-refractivity contribution is -0.141. The largest absolute Gasteiger partial charge is 0.480 e. The van der Waals surface area contributed by atoms with Crippen LogP contribution in [0.4, 0.5) is 0 Å². The second-order valence-electron chi connectivity index (χ2n) is 2.48. The number of carboxylic acid groups (broad SMARTS) is 1. The number of carboxylic acids is 1. The fraction of sp³-hybridized carbons (Fsp3) is 0.286. The third-order valence-electron chi connectivity index (χ3n) is 1.53. The second kappa shape index (κ2) is 2.79. The second-order valence-corrected chi connectivity index (χ2v) is 3.40. The molecule has 0 radical (unpaired) electrons. The quantitative estimate of drug-likeness (QED) is 0.690. The first-order valence-corrected chi connectivity index (χ1v) is 3.91. The van der Waals surface area contributed by atoms with Gasteiger partial charge in [-0.15, -0.1) is 0 Å². The van der Waals surface area contributed by atoms with E-state index < -0.39 is 11.5 Å². The number of carbonyl (C=O) groups is 1. The molecule has 1 rings (SSSR count). The molecule has 1 aliphatic carbocycles. The Morgan fingerprint density at radius 3 is 2.82 bits per heavy atom. The first kappa shape index (κ1) is 8.49. The van der Waals surface area contributed by atoms with Crippen LogP contribution in [0.2, 0.25) is 0 Å². The first-order valence-electron chi connectivity index (χ1n) is 3.12. The zero-order valence-corrected chi connectivity index (χ0v) is 7.34. The first-order chi connectivity index (χ1) is 5.04. The third-order valence-corrected chi connectivity index (χ3v) is 2.02. The standard InChI is InChI=1S/C7H8BrNO2/c8-5-2-1-3-7(9,4-5)6(10)11/h1-2,4H,3,9H2,(H,10,11). The fourth-order valence-electron chi connectivity index (χ4n) is 0.869. The molecular weight excluding hydrogens is 210 g/mol. The molecule has 0 aromatic heterocycles. The molecule has 11 heavy (non-hydrogen) atoms. The van der Waals surface area contributed by atoms with Crippen molar-refractivity contribution < 1.29 is 9.90 Å². The van der Waals surface area contributed by atoms with Crippen LogP contribution in [0.1, 0.15) is 6.42 Å². The average molecular weight is 218 g/mol. The third kappa shape index (κ3) is 1.70. The summed E-state index contributed by atoms with van der Waals surface area (Å²) >= 11 is 3.16. The van der Waals surface area contributed by atoms with Crippen molar-refractivity contribution in [3.05, 3.63) is 22.7 Å². The summed E-state index contributed by atoms with van der Waals surface area (Å²) < 4.78 is 0.716. The monoisotopic (exact) mass is 217 g/mol. The molecule has 1 unspecified atom stereocenters. The Morgan fingerprint density at radius 2 is 2.45 bits per heavy atom. The Morgan fingerprint density at radius 1 is 1.82 bits per heavy atom. The van der Waals surface area contributed by atoms with E-state index in [-0.39, 0.29) is 0 Å². The van der Waals surface area contributed by atoms with Crippen LogP contribution in [0.5, 0.6) is 0 Å². The van der Waals surface area contributed by atoms with Gasteiger partial charge in [-0.25, -0.2) is 4.79 Å². The van der Waals surface area contributed by atoms with E-state index in [0.29, 0.717) is 10.9 Å². The van der Waals surface area contributed by atoms with Crippen molar-refractivity contribution in [2.75, 3.05) is 0 Å². The molecule has 0 amide bonds. The van der Waals surface area contributed by atoms with Gasteiger partial charge in [0.15, 0.2) is 0 Å². The van der Waals surface area contributed by atoms with Gasteiger partial charge in [0.1, 0.15) is 5.54 Å². The molecule has 0 saturated heterocycles. The van der Waals surface area contributed by atoms with Gasteiger partial charge in [0, 0.05) is 4.48 Å². The highest BCUT2D eigenvalue weighted by molar-refractivity contribution is 9.11. The molecule has 1 atom stereocenters. The zero-order valence-electron chi connectivity index (χ0n) is 5.75. The minimum absolute atomic E-state index is 0.345. The van der Waals surface area contributed by atoms with Crippen molar-refractivity contribution in [3.8, 4) is 0 Å². The zero-order chi connectivity index (χ0) is 8.48. The highest BCUT2D eigenvalue weighted by Gasteiger charge is 2.31. The molecule has 4 heteroatoms. The number of halogens is 1. The van der Waals surface area contributed by atoms with E-state index in [1.54, 1.807) is 12.2 Å². The van der Waals surface area contributed by atoms with Crippen LogP contribution in [0.15, 0.2) is 22.7 Å². The Balaban J connectivity index is 2.92. The number of aliphatic carboxylic acids is 1. The maximum Gasteiger partial charge on any atom is 0.328 e. The van der Waals surface area contributed by atoms with E-state index in [0.717, 1.165) is 0 Å². The van der Waals surface area contributed by atoms with Crippen molar-refractivity contribution in [2.45, 2.75) is 12.0 Å². The maximum atomic E-state index is 10.6. The van der Waals surface area contributed by atoms with Crippen molar-refractivity contribution in [1.82, 2.24) is 0 Å². The van der Waals surface area contributed by atoms with E-state index in [1.807, 2.05) is 0 Å². The Kier molecular flexibility index (Phi) is 2.15. The summed E-state index contributed by atoms with van der Waals surface area (Å²) in [5.74, 6) is -1.00. The van der Waals surface area contributed by atoms with Gasteiger partial charge in [-0.05, 0) is 12.5 Å². The highest BCUT2D eigenvalue weighted by atomic mass is 79.9. The van der Waals surface area contributed by atoms with Crippen LogP contribution in [-0.2, 0) is 4.79 Å². The highest BCUT2D eigenvalue weighted by Crippen LogP contribution is 2.22. The van der Waals surface area contributed by atoms with Crippen LogP contribution in [0.3, 0.4) is 0 Å². The molecule has 0 aromatic rings. The summed E-state index contributed by atoms with van der Waals surface area (Å²) in [4.78, 5) is 10.6. The summed E-state index contributed by atoms with van der Waals surface area (Å²) in [6.45, 7) is 0.